The highest BCUT2D eigenvalue weighted by Crippen LogP contribution is 2.49. The molecule has 36 heavy (non-hydrogen) atoms. The van der Waals surface area contributed by atoms with E-state index in [-0.39, 0.29) is 11.9 Å². The fraction of sp³-hybridized carbons (Fsp3) is 0.276. The Morgan fingerprint density at radius 1 is 1.22 bits per heavy atom. The minimum atomic E-state index is -0.527. The van der Waals surface area contributed by atoms with Crippen molar-refractivity contribution in [2.75, 3.05) is 19.0 Å². The molecule has 2 heterocycles. The molecule has 0 saturated heterocycles. The van der Waals surface area contributed by atoms with Gasteiger partial charge in [0.05, 0.1) is 48.6 Å². The molecule has 0 saturated carbocycles. The predicted molar refractivity (Wildman–Crippen MR) is 139 cm³/mol. The Kier molecular flexibility index (Phi) is 7.25. The van der Waals surface area contributed by atoms with Gasteiger partial charge in [-0.05, 0) is 51.0 Å². The quantitative estimate of drug-likeness (QED) is 0.470. The first kappa shape index (κ1) is 24.8. The molecule has 184 valence electrons. The maximum absolute atomic E-state index is 13.9. The molecule has 0 spiro atoms. The number of nitrogens with zero attached hydrogens (tertiary/aromatic N) is 2. The van der Waals surface area contributed by atoms with E-state index in [2.05, 4.69) is 21.7 Å². The van der Waals surface area contributed by atoms with Gasteiger partial charge in [0, 0.05) is 23.0 Å². The zero-order valence-corrected chi connectivity index (χ0v) is 21.2. The van der Waals surface area contributed by atoms with Crippen LogP contribution in [0.4, 0.5) is 5.69 Å². The van der Waals surface area contributed by atoms with E-state index >= 15 is 0 Å². The number of hydrogen-bond donors (Lipinski definition) is 2. The Balaban J connectivity index is 1.90. The summed E-state index contributed by atoms with van der Waals surface area (Å²) in [6.07, 6.45) is 1.76. The number of carbonyl (C=O) groups is 1. The van der Waals surface area contributed by atoms with Crippen LogP contribution in [0.15, 0.2) is 66.0 Å². The number of aromatic nitrogens is 1. The van der Waals surface area contributed by atoms with Gasteiger partial charge in [-0.15, -0.1) is 0 Å². The highest BCUT2D eigenvalue weighted by atomic mass is 16.5. The van der Waals surface area contributed by atoms with Gasteiger partial charge in [0.2, 0.25) is 11.8 Å². The van der Waals surface area contributed by atoms with Crippen molar-refractivity contribution < 1.29 is 14.3 Å². The van der Waals surface area contributed by atoms with Crippen molar-refractivity contribution in [3.8, 4) is 17.7 Å². The third kappa shape index (κ3) is 4.63. The van der Waals surface area contributed by atoms with Gasteiger partial charge in [0.1, 0.15) is 5.75 Å². The summed E-state index contributed by atoms with van der Waals surface area (Å²) in [4.78, 5) is 18.5. The standard InChI is InChI=1S/C29H30N4O3/c1-6-36-29-26-25(22-13-12-20(15-30)14-23(22)35-5)24(19(4)32-27(26)17(2)16-31-29)28(34)33-18(3)21-10-8-7-9-11-21/h7-14,16,18,25,32H,6H2,1-5H3,(H,33,34). The molecular formula is C29H30N4O3. The third-order valence-electron chi connectivity index (χ3n) is 6.41. The summed E-state index contributed by atoms with van der Waals surface area (Å²) in [5.41, 5.74) is 6.06. The number of pyridine rings is 1. The Bertz CT molecular complexity index is 1360. The lowest BCUT2D eigenvalue weighted by Gasteiger charge is -2.33. The normalized spacial score (nSPS) is 15.3. The molecule has 2 atom stereocenters. The number of rotatable bonds is 7. The number of aryl methyl sites for hydroxylation is 1. The van der Waals surface area contributed by atoms with Crippen molar-refractivity contribution in [2.24, 2.45) is 0 Å². The van der Waals surface area contributed by atoms with Crippen LogP contribution in [0.3, 0.4) is 0 Å². The molecule has 0 fully saturated rings. The number of nitriles is 1. The minimum absolute atomic E-state index is 0.203. The van der Waals surface area contributed by atoms with Crippen LogP contribution in [-0.4, -0.2) is 24.6 Å². The molecule has 2 unspecified atom stereocenters. The number of methoxy groups -OCH3 is 1. The van der Waals surface area contributed by atoms with Crippen LogP contribution in [0.1, 0.15) is 60.5 Å². The first-order valence-electron chi connectivity index (χ1n) is 11.9. The molecule has 7 nitrogen and oxygen atoms in total. The van der Waals surface area contributed by atoms with E-state index in [0.717, 1.165) is 33.6 Å². The molecule has 0 aliphatic carbocycles. The van der Waals surface area contributed by atoms with Crippen molar-refractivity contribution in [1.82, 2.24) is 10.3 Å². The Morgan fingerprint density at radius 3 is 2.64 bits per heavy atom. The molecule has 0 radical (unpaired) electrons. The molecule has 2 aromatic carbocycles. The van der Waals surface area contributed by atoms with E-state index < -0.39 is 5.92 Å². The van der Waals surface area contributed by atoms with Crippen molar-refractivity contribution in [3.63, 3.8) is 0 Å². The van der Waals surface area contributed by atoms with Gasteiger partial charge in [-0.2, -0.15) is 5.26 Å². The monoisotopic (exact) mass is 482 g/mol. The SMILES string of the molecule is CCOc1ncc(C)c2c1C(c1ccc(C#N)cc1OC)C(C(=O)NC(C)c1ccccc1)=C(C)N2. The second-order valence-corrected chi connectivity index (χ2v) is 8.74. The number of amides is 1. The van der Waals surface area contributed by atoms with Crippen LogP contribution in [0.2, 0.25) is 0 Å². The number of benzene rings is 2. The van der Waals surface area contributed by atoms with Crippen LogP contribution >= 0.6 is 0 Å². The molecule has 1 aliphatic heterocycles. The summed E-state index contributed by atoms with van der Waals surface area (Å²) in [7, 11) is 1.56. The minimum Gasteiger partial charge on any atom is -0.496 e. The highest BCUT2D eigenvalue weighted by molar-refractivity contribution is 5.99. The van der Waals surface area contributed by atoms with E-state index in [0.29, 0.717) is 29.4 Å². The van der Waals surface area contributed by atoms with Gasteiger partial charge in [0.25, 0.3) is 0 Å². The number of allylic oxidation sites excluding steroid dienone is 1. The molecule has 4 rings (SSSR count). The van der Waals surface area contributed by atoms with Crippen LogP contribution in [0.25, 0.3) is 0 Å². The van der Waals surface area contributed by atoms with Crippen LogP contribution in [0, 0.1) is 18.3 Å². The lowest BCUT2D eigenvalue weighted by molar-refractivity contribution is -0.118. The van der Waals surface area contributed by atoms with Gasteiger partial charge in [0.15, 0.2) is 0 Å². The maximum atomic E-state index is 13.9. The largest absolute Gasteiger partial charge is 0.496 e. The molecule has 0 bridgehead atoms. The molecular weight excluding hydrogens is 452 g/mol. The number of hydrogen-bond acceptors (Lipinski definition) is 6. The van der Waals surface area contributed by atoms with E-state index in [9.17, 15) is 10.1 Å². The number of anilines is 1. The third-order valence-corrected chi connectivity index (χ3v) is 6.41. The van der Waals surface area contributed by atoms with Gasteiger partial charge < -0.3 is 20.1 Å². The van der Waals surface area contributed by atoms with Gasteiger partial charge in [-0.25, -0.2) is 4.98 Å². The Morgan fingerprint density at radius 2 is 1.97 bits per heavy atom. The van der Waals surface area contributed by atoms with Gasteiger partial charge in [-0.1, -0.05) is 36.4 Å². The smallest absolute Gasteiger partial charge is 0.250 e. The molecule has 1 aromatic heterocycles. The maximum Gasteiger partial charge on any atom is 0.250 e. The van der Waals surface area contributed by atoms with Crippen molar-refractivity contribution in [2.45, 2.75) is 39.7 Å². The average molecular weight is 483 g/mol. The van der Waals surface area contributed by atoms with Crippen LogP contribution < -0.4 is 20.1 Å². The Hall–Kier alpha value is -4.31. The van der Waals surface area contributed by atoms with E-state index in [4.69, 9.17) is 9.47 Å². The fourth-order valence-corrected chi connectivity index (χ4v) is 4.64. The molecule has 7 heteroatoms. The number of fused-ring (bicyclic) bond motifs is 1. The summed E-state index contributed by atoms with van der Waals surface area (Å²) in [6, 6.07) is 17.1. The summed E-state index contributed by atoms with van der Waals surface area (Å²) >= 11 is 0. The molecule has 1 amide bonds. The molecule has 3 aromatic rings. The molecule has 2 N–H and O–H groups in total. The van der Waals surface area contributed by atoms with E-state index in [1.165, 1.54) is 0 Å². The highest BCUT2D eigenvalue weighted by Gasteiger charge is 2.38. The van der Waals surface area contributed by atoms with Crippen LogP contribution in [-0.2, 0) is 4.79 Å². The second-order valence-electron chi connectivity index (χ2n) is 8.74. The van der Waals surface area contributed by atoms with Crippen molar-refractivity contribution in [3.05, 3.63) is 93.8 Å². The van der Waals surface area contributed by atoms with Crippen molar-refractivity contribution >= 4 is 11.6 Å². The fourth-order valence-electron chi connectivity index (χ4n) is 4.64. The lowest BCUT2D eigenvalue weighted by Crippen LogP contribution is -2.34. The predicted octanol–water partition coefficient (Wildman–Crippen LogP) is 5.38. The summed E-state index contributed by atoms with van der Waals surface area (Å²) in [5.74, 6) is 0.240. The summed E-state index contributed by atoms with van der Waals surface area (Å²) in [6.45, 7) is 8.15. The first-order chi connectivity index (χ1) is 17.4. The van der Waals surface area contributed by atoms with Crippen LogP contribution in [0.5, 0.6) is 11.6 Å². The topological polar surface area (TPSA) is 96.3 Å². The average Bonchev–Trinajstić information content (AvgIpc) is 2.89. The zero-order chi connectivity index (χ0) is 25.8. The van der Waals surface area contributed by atoms with Gasteiger partial charge in [-0.3, -0.25) is 4.79 Å². The van der Waals surface area contributed by atoms with Crippen molar-refractivity contribution in [1.29, 1.82) is 5.26 Å². The summed E-state index contributed by atoms with van der Waals surface area (Å²) < 4.78 is 11.7. The van der Waals surface area contributed by atoms with E-state index in [1.54, 1.807) is 25.4 Å². The summed E-state index contributed by atoms with van der Waals surface area (Å²) in [5, 5.41) is 16.0. The number of nitrogens with one attached hydrogen (secondary N) is 2. The number of carbonyl (C=O) groups excluding carboxylic acids is 1. The second kappa shape index (κ2) is 10.5. The lowest BCUT2D eigenvalue weighted by atomic mass is 9.79. The molecule has 1 aliphatic rings. The Labute approximate surface area is 211 Å². The van der Waals surface area contributed by atoms with Gasteiger partial charge >= 0.3 is 0 Å². The van der Waals surface area contributed by atoms with E-state index in [1.807, 2.05) is 64.1 Å². The first-order valence-corrected chi connectivity index (χ1v) is 11.9. The number of ether oxygens (including phenoxy) is 2. The zero-order valence-electron chi connectivity index (χ0n) is 21.2.